The molecule has 0 radical (unpaired) electrons. The van der Waals surface area contributed by atoms with Crippen LogP contribution in [0.5, 0.6) is 11.5 Å². The second-order valence-electron chi connectivity index (χ2n) is 9.01. The number of carbonyl (C=O) groups is 1. The molecule has 0 saturated carbocycles. The second kappa shape index (κ2) is 9.40. The highest BCUT2D eigenvalue weighted by atomic mass is 16.5. The highest BCUT2D eigenvalue weighted by molar-refractivity contribution is 5.97. The Kier molecular flexibility index (Phi) is 7.38. The summed E-state index contributed by atoms with van der Waals surface area (Å²) in [5.74, 6) is 0.928. The molecular formula is C23H34N4O3. The SMILES string of the molecule is COc1ccc(CCNC(=O)/C(C#N)=C\N2C(C)(C)CC(N)CC2(C)C)cc1OC. The maximum absolute atomic E-state index is 12.7. The van der Waals surface area contributed by atoms with Crippen molar-refractivity contribution in [1.29, 1.82) is 5.26 Å². The minimum absolute atomic E-state index is 0.0962. The van der Waals surface area contributed by atoms with Gasteiger partial charge < -0.3 is 25.4 Å². The van der Waals surface area contributed by atoms with Crippen LogP contribution in [0.25, 0.3) is 0 Å². The predicted molar refractivity (Wildman–Crippen MR) is 117 cm³/mol. The Hall–Kier alpha value is -2.72. The minimum Gasteiger partial charge on any atom is -0.493 e. The van der Waals surface area contributed by atoms with Crippen LogP contribution < -0.4 is 20.5 Å². The van der Waals surface area contributed by atoms with Crippen LogP contribution in [0.1, 0.15) is 46.1 Å². The first-order valence-electron chi connectivity index (χ1n) is 10.2. The molecule has 1 fully saturated rings. The van der Waals surface area contributed by atoms with Crippen LogP contribution in [0.4, 0.5) is 0 Å². The van der Waals surface area contributed by atoms with Gasteiger partial charge in [0.1, 0.15) is 11.6 Å². The normalized spacial score (nSPS) is 18.5. The minimum atomic E-state index is -0.376. The Morgan fingerprint density at radius 3 is 2.37 bits per heavy atom. The average Bonchev–Trinajstić information content (AvgIpc) is 2.66. The fourth-order valence-electron chi connectivity index (χ4n) is 4.44. The number of carbonyl (C=O) groups excluding carboxylic acids is 1. The molecule has 1 saturated heterocycles. The van der Waals surface area contributed by atoms with Crippen molar-refractivity contribution in [3.05, 3.63) is 35.5 Å². The van der Waals surface area contributed by atoms with Crippen LogP contribution in [-0.2, 0) is 11.2 Å². The molecule has 7 nitrogen and oxygen atoms in total. The van der Waals surface area contributed by atoms with E-state index in [2.05, 4.69) is 44.0 Å². The summed E-state index contributed by atoms with van der Waals surface area (Å²) in [6.45, 7) is 8.77. The molecule has 1 heterocycles. The summed E-state index contributed by atoms with van der Waals surface area (Å²) in [4.78, 5) is 14.8. The van der Waals surface area contributed by atoms with Gasteiger partial charge in [-0.05, 0) is 64.7 Å². The molecule has 0 aliphatic carbocycles. The molecule has 0 spiro atoms. The van der Waals surface area contributed by atoms with Crippen LogP contribution >= 0.6 is 0 Å². The van der Waals surface area contributed by atoms with Crippen molar-refractivity contribution < 1.29 is 14.3 Å². The number of hydrogen-bond acceptors (Lipinski definition) is 6. The number of hydrogen-bond donors (Lipinski definition) is 2. The molecule has 1 aromatic carbocycles. The van der Waals surface area contributed by atoms with Gasteiger partial charge in [0.05, 0.1) is 14.2 Å². The Balaban J connectivity index is 2.07. The number of nitriles is 1. The molecule has 3 N–H and O–H groups in total. The van der Waals surface area contributed by atoms with Gasteiger partial charge in [0.2, 0.25) is 0 Å². The van der Waals surface area contributed by atoms with Gasteiger partial charge in [-0.3, -0.25) is 4.79 Å². The van der Waals surface area contributed by atoms with E-state index >= 15 is 0 Å². The summed E-state index contributed by atoms with van der Waals surface area (Å²) in [6, 6.07) is 7.80. The van der Waals surface area contributed by atoms with Crippen LogP contribution in [-0.4, -0.2) is 48.7 Å². The summed E-state index contributed by atoms with van der Waals surface area (Å²) in [5.41, 5.74) is 6.83. The first kappa shape index (κ1) is 23.6. The number of amides is 1. The fourth-order valence-corrected chi connectivity index (χ4v) is 4.44. The van der Waals surface area contributed by atoms with Crippen molar-refractivity contribution in [3.63, 3.8) is 0 Å². The highest BCUT2D eigenvalue weighted by Crippen LogP contribution is 2.38. The number of rotatable bonds is 7. The van der Waals surface area contributed by atoms with Crippen molar-refractivity contribution >= 4 is 5.91 Å². The predicted octanol–water partition coefficient (Wildman–Crippen LogP) is 2.75. The molecular weight excluding hydrogens is 380 g/mol. The molecule has 1 aliphatic heterocycles. The van der Waals surface area contributed by atoms with Gasteiger partial charge in [-0.1, -0.05) is 6.07 Å². The van der Waals surface area contributed by atoms with E-state index in [-0.39, 0.29) is 28.6 Å². The molecule has 164 valence electrons. The number of likely N-dealkylation sites (tertiary alicyclic amines) is 1. The number of benzene rings is 1. The van der Waals surface area contributed by atoms with E-state index < -0.39 is 0 Å². The van der Waals surface area contributed by atoms with Crippen LogP contribution in [0.2, 0.25) is 0 Å². The van der Waals surface area contributed by atoms with Gasteiger partial charge in [-0.2, -0.15) is 5.26 Å². The third-order valence-electron chi connectivity index (χ3n) is 5.60. The van der Waals surface area contributed by atoms with Crippen LogP contribution in [0, 0.1) is 11.3 Å². The molecule has 30 heavy (non-hydrogen) atoms. The monoisotopic (exact) mass is 414 g/mol. The number of nitrogens with two attached hydrogens (primary N) is 1. The van der Waals surface area contributed by atoms with E-state index in [1.807, 2.05) is 18.2 Å². The number of piperidine rings is 1. The summed E-state index contributed by atoms with van der Waals surface area (Å²) in [7, 11) is 3.18. The zero-order valence-corrected chi connectivity index (χ0v) is 18.9. The molecule has 7 heteroatoms. The molecule has 0 aromatic heterocycles. The first-order chi connectivity index (χ1) is 14.0. The van der Waals surface area contributed by atoms with Crippen molar-refractivity contribution in [2.24, 2.45) is 5.73 Å². The van der Waals surface area contributed by atoms with E-state index in [1.165, 1.54) is 0 Å². The largest absolute Gasteiger partial charge is 0.493 e. The third kappa shape index (κ3) is 5.45. The fraction of sp³-hybridized carbons (Fsp3) is 0.565. The van der Waals surface area contributed by atoms with Crippen LogP contribution in [0.15, 0.2) is 30.0 Å². The molecule has 0 atom stereocenters. The standard InChI is InChI=1S/C23H34N4O3/c1-22(2)12-18(25)13-23(3,4)27(22)15-17(14-24)21(28)26-10-9-16-7-8-19(29-5)20(11-16)30-6/h7-8,11,15,18H,9-10,12-13,25H2,1-6H3,(H,26,28)/b17-15-. The zero-order chi connectivity index (χ0) is 22.5. The van der Waals surface area contributed by atoms with E-state index in [9.17, 15) is 10.1 Å². The lowest BCUT2D eigenvalue weighted by Crippen LogP contribution is -2.61. The highest BCUT2D eigenvalue weighted by Gasteiger charge is 2.43. The maximum atomic E-state index is 12.7. The number of methoxy groups -OCH3 is 2. The van der Waals surface area contributed by atoms with Crippen molar-refractivity contribution in [2.45, 2.75) is 64.1 Å². The average molecular weight is 415 g/mol. The summed E-state index contributed by atoms with van der Waals surface area (Å²) in [6.07, 6.45) is 3.90. The van der Waals surface area contributed by atoms with E-state index in [4.69, 9.17) is 15.2 Å². The molecule has 1 aromatic rings. The molecule has 1 amide bonds. The van der Waals surface area contributed by atoms with Crippen molar-refractivity contribution in [1.82, 2.24) is 10.2 Å². The molecule has 0 unspecified atom stereocenters. The Labute approximate surface area is 179 Å². The van der Waals surface area contributed by atoms with E-state index in [0.29, 0.717) is 24.5 Å². The van der Waals surface area contributed by atoms with Gasteiger partial charge in [0.15, 0.2) is 11.5 Å². The third-order valence-corrected chi connectivity index (χ3v) is 5.60. The summed E-state index contributed by atoms with van der Waals surface area (Å²) < 4.78 is 10.6. The van der Waals surface area contributed by atoms with Gasteiger partial charge in [-0.15, -0.1) is 0 Å². The van der Waals surface area contributed by atoms with E-state index in [0.717, 1.165) is 18.4 Å². The van der Waals surface area contributed by atoms with Gasteiger partial charge in [0, 0.05) is 29.9 Å². The lowest BCUT2D eigenvalue weighted by Gasteiger charge is -2.54. The lowest BCUT2D eigenvalue weighted by atomic mass is 9.77. The Morgan fingerprint density at radius 2 is 1.83 bits per heavy atom. The summed E-state index contributed by atoms with van der Waals surface area (Å²) in [5, 5.41) is 12.4. The lowest BCUT2D eigenvalue weighted by molar-refractivity contribution is -0.117. The van der Waals surface area contributed by atoms with E-state index in [1.54, 1.807) is 20.4 Å². The van der Waals surface area contributed by atoms with Gasteiger partial charge in [-0.25, -0.2) is 0 Å². The Bertz CT molecular complexity index is 821. The van der Waals surface area contributed by atoms with Crippen LogP contribution in [0.3, 0.4) is 0 Å². The quantitative estimate of drug-likeness (QED) is 0.526. The second-order valence-corrected chi connectivity index (χ2v) is 9.01. The molecule has 2 rings (SSSR count). The smallest absolute Gasteiger partial charge is 0.263 e. The number of ether oxygens (including phenoxy) is 2. The Morgan fingerprint density at radius 1 is 1.23 bits per heavy atom. The summed E-state index contributed by atoms with van der Waals surface area (Å²) >= 11 is 0. The van der Waals surface area contributed by atoms with Crippen molar-refractivity contribution in [2.75, 3.05) is 20.8 Å². The maximum Gasteiger partial charge on any atom is 0.263 e. The van der Waals surface area contributed by atoms with Gasteiger partial charge >= 0.3 is 0 Å². The molecule has 1 aliphatic rings. The first-order valence-corrected chi connectivity index (χ1v) is 10.2. The van der Waals surface area contributed by atoms with Crippen molar-refractivity contribution in [3.8, 4) is 17.6 Å². The topological polar surface area (TPSA) is 101 Å². The molecule has 0 bridgehead atoms. The van der Waals surface area contributed by atoms with Gasteiger partial charge in [0.25, 0.3) is 5.91 Å². The number of nitrogens with zero attached hydrogens (tertiary/aromatic N) is 2. The number of nitrogens with one attached hydrogen (secondary N) is 1. The zero-order valence-electron chi connectivity index (χ0n) is 18.9.